The maximum absolute atomic E-state index is 12.6. The van der Waals surface area contributed by atoms with Crippen molar-refractivity contribution in [2.75, 3.05) is 11.1 Å². The van der Waals surface area contributed by atoms with Gasteiger partial charge in [-0.15, -0.1) is 10.2 Å². The summed E-state index contributed by atoms with van der Waals surface area (Å²) in [5.41, 5.74) is 2.03. The van der Waals surface area contributed by atoms with E-state index in [9.17, 15) is 9.59 Å². The molecule has 3 aromatic heterocycles. The SMILES string of the molecule is CC(=O)Nc1ccc(C(=O)CSc2nnc(-c3ccco3)c(-c3ccco3)n2)cc1Br. The number of thioether (sulfide) groups is 1. The molecule has 0 saturated heterocycles. The van der Waals surface area contributed by atoms with Gasteiger partial charge in [0.2, 0.25) is 11.1 Å². The average Bonchev–Trinajstić information content (AvgIpc) is 3.47. The van der Waals surface area contributed by atoms with Gasteiger partial charge in [0.1, 0.15) is 5.69 Å². The van der Waals surface area contributed by atoms with E-state index in [1.807, 2.05) is 0 Å². The highest BCUT2D eigenvalue weighted by Gasteiger charge is 2.19. The van der Waals surface area contributed by atoms with Crippen LogP contribution in [0, 0.1) is 0 Å². The molecule has 0 atom stereocenters. The van der Waals surface area contributed by atoms with Crippen molar-refractivity contribution < 1.29 is 18.4 Å². The van der Waals surface area contributed by atoms with Gasteiger partial charge in [-0.2, -0.15) is 0 Å². The molecule has 0 aliphatic heterocycles. The number of hydrogen-bond acceptors (Lipinski definition) is 8. The minimum Gasteiger partial charge on any atom is -0.463 e. The summed E-state index contributed by atoms with van der Waals surface area (Å²) < 4.78 is 11.5. The summed E-state index contributed by atoms with van der Waals surface area (Å²) in [7, 11) is 0. The largest absolute Gasteiger partial charge is 0.463 e. The molecule has 1 aromatic carbocycles. The number of hydrogen-bond donors (Lipinski definition) is 1. The van der Waals surface area contributed by atoms with E-state index in [0.29, 0.717) is 43.8 Å². The molecular weight excluding hydrogens is 484 g/mol. The minimum atomic E-state index is -0.190. The smallest absolute Gasteiger partial charge is 0.221 e. The molecule has 0 spiro atoms. The predicted molar refractivity (Wildman–Crippen MR) is 119 cm³/mol. The van der Waals surface area contributed by atoms with E-state index < -0.39 is 0 Å². The third kappa shape index (κ3) is 4.92. The van der Waals surface area contributed by atoms with Crippen molar-refractivity contribution in [3.05, 3.63) is 65.0 Å². The summed E-state index contributed by atoms with van der Waals surface area (Å²) in [6, 6.07) is 12.0. The van der Waals surface area contributed by atoms with Crippen molar-refractivity contribution in [3.63, 3.8) is 0 Å². The quantitative estimate of drug-likeness (QED) is 0.277. The van der Waals surface area contributed by atoms with Crippen LogP contribution in [0.2, 0.25) is 0 Å². The Morgan fingerprint density at radius 2 is 1.74 bits per heavy atom. The Morgan fingerprint density at radius 1 is 1.03 bits per heavy atom. The number of aromatic nitrogens is 3. The molecule has 3 heterocycles. The van der Waals surface area contributed by atoms with Crippen LogP contribution in [-0.4, -0.2) is 32.6 Å². The van der Waals surface area contributed by atoms with Crippen LogP contribution in [-0.2, 0) is 4.79 Å². The third-order valence-corrected chi connectivity index (χ3v) is 5.60. The highest BCUT2D eigenvalue weighted by Crippen LogP contribution is 2.31. The van der Waals surface area contributed by atoms with Gasteiger partial charge in [0.25, 0.3) is 0 Å². The van der Waals surface area contributed by atoms with E-state index in [-0.39, 0.29) is 17.4 Å². The van der Waals surface area contributed by atoms with Crippen LogP contribution in [0.15, 0.2) is 73.5 Å². The fourth-order valence-electron chi connectivity index (χ4n) is 2.73. The van der Waals surface area contributed by atoms with Crippen LogP contribution in [0.4, 0.5) is 5.69 Å². The van der Waals surface area contributed by atoms with Gasteiger partial charge in [-0.1, -0.05) is 11.8 Å². The first-order valence-electron chi connectivity index (χ1n) is 9.07. The second kappa shape index (κ2) is 9.27. The van der Waals surface area contributed by atoms with Crippen molar-refractivity contribution in [1.29, 1.82) is 0 Å². The number of rotatable bonds is 7. The zero-order chi connectivity index (χ0) is 21.8. The van der Waals surface area contributed by atoms with Crippen molar-refractivity contribution in [1.82, 2.24) is 15.2 Å². The van der Waals surface area contributed by atoms with Gasteiger partial charge in [0, 0.05) is 17.0 Å². The van der Waals surface area contributed by atoms with Crippen LogP contribution < -0.4 is 5.32 Å². The molecule has 0 aliphatic carbocycles. The van der Waals surface area contributed by atoms with Gasteiger partial charge in [0.15, 0.2) is 23.0 Å². The zero-order valence-electron chi connectivity index (χ0n) is 16.2. The van der Waals surface area contributed by atoms with Gasteiger partial charge >= 0.3 is 0 Å². The first-order valence-corrected chi connectivity index (χ1v) is 10.8. The van der Waals surface area contributed by atoms with E-state index >= 15 is 0 Å². The lowest BCUT2D eigenvalue weighted by atomic mass is 10.1. The maximum atomic E-state index is 12.6. The molecule has 1 N–H and O–H groups in total. The number of carbonyl (C=O) groups excluding carboxylic acids is 2. The number of nitrogens with zero attached hydrogens (tertiary/aromatic N) is 3. The average molecular weight is 499 g/mol. The fourth-order valence-corrected chi connectivity index (χ4v) is 3.89. The molecular formula is C21H15BrN4O4S. The number of nitrogens with one attached hydrogen (secondary N) is 1. The van der Waals surface area contributed by atoms with Crippen molar-refractivity contribution in [2.24, 2.45) is 0 Å². The second-order valence-corrected chi connectivity index (χ2v) is 8.13. The molecule has 10 heteroatoms. The Morgan fingerprint density at radius 3 is 2.35 bits per heavy atom. The van der Waals surface area contributed by atoms with Crippen LogP contribution in [0.3, 0.4) is 0 Å². The van der Waals surface area contributed by atoms with Crippen molar-refractivity contribution in [2.45, 2.75) is 12.1 Å². The summed E-state index contributed by atoms with van der Waals surface area (Å²) in [5.74, 6) is 0.851. The molecule has 4 rings (SSSR count). The number of anilines is 1. The summed E-state index contributed by atoms with van der Waals surface area (Å²) >= 11 is 4.54. The number of ketones is 1. The Bertz CT molecular complexity index is 1230. The summed E-state index contributed by atoms with van der Waals surface area (Å²) in [6.45, 7) is 1.42. The van der Waals surface area contributed by atoms with Crippen LogP contribution in [0.25, 0.3) is 22.9 Å². The molecule has 31 heavy (non-hydrogen) atoms. The molecule has 0 fully saturated rings. The van der Waals surface area contributed by atoms with E-state index in [2.05, 4.69) is 36.4 Å². The van der Waals surface area contributed by atoms with Crippen LogP contribution in [0.5, 0.6) is 0 Å². The number of furan rings is 2. The van der Waals surface area contributed by atoms with Crippen molar-refractivity contribution in [3.8, 4) is 22.9 Å². The topological polar surface area (TPSA) is 111 Å². The normalized spacial score (nSPS) is 10.8. The molecule has 0 aliphatic rings. The zero-order valence-corrected chi connectivity index (χ0v) is 18.6. The highest BCUT2D eigenvalue weighted by atomic mass is 79.9. The van der Waals surface area contributed by atoms with Gasteiger partial charge in [0.05, 0.1) is 24.0 Å². The Hall–Kier alpha value is -3.24. The van der Waals surface area contributed by atoms with E-state index in [0.717, 1.165) is 0 Å². The van der Waals surface area contributed by atoms with Crippen LogP contribution >= 0.6 is 27.7 Å². The van der Waals surface area contributed by atoms with Gasteiger partial charge < -0.3 is 14.2 Å². The molecule has 0 radical (unpaired) electrons. The van der Waals surface area contributed by atoms with Crippen molar-refractivity contribution >= 4 is 45.1 Å². The first-order chi connectivity index (χ1) is 15.0. The van der Waals surface area contributed by atoms with Gasteiger partial charge in [-0.05, 0) is 58.4 Å². The summed E-state index contributed by atoms with van der Waals surface area (Å²) in [4.78, 5) is 28.4. The molecule has 1 amide bonds. The number of amides is 1. The molecule has 0 saturated carbocycles. The fraction of sp³-hybridized carbons (Fsp3) is 0.0952. The number of carbonyl (C=O) groups is 2. The number of halogens is 1. The van der Waals surface area contributed by atoms with Gasteiger partial charge in [-0.3, -0.25) is 9.59 Å². The van der Waals surface area contributed by atoms with E-state index in [4.69, 9.17) is 8.83 Å². The number of benzene rings is 1. The first kappa shape index (κ1) is 21.0. The predicted octanol–water partition coefficient (Wildman–Crippen LogP) is 5.09. The molecule has 4 aromatic rings. The lowest BCUT2D eigenvalue weighted by Gasteiger charge is -2.08. The molecule has 156 valence electrons. The Kier molecular flexibility index (Phi) is 6.28. The Balaban J connectivity index is 1.52. The Labute approximate surface area is 189 Å². The van der Waals surface area contributed by atoms with Crippen LogP contribution in [0.1, 0.15) is 17.3 Å². The third-order valence-electron chi connectivity index (χ3n) is 4.11. The van der Waals surface area contributed by atoms with Gasteiger partial charge in [-0.25, -0.2) is 4.98 Å². The lowest BCUT2D eigenvalue weighted by Crippen LogP contribution is -2.08. The molecule has 0 unspecified atom stereocenters. The highest BCUT2D eigenvalue weighted by molar-refractivity contribution is 9.10. The van der Waals surface area contributed by atoms with E-state index in [1.165, 1.54) is 18.7 Å². The summed E-state index contributed by atoms with van der Waals surface area (Å²) in [5, 5.41) is 11.4. The number of Topliss-reactive ketones (excluding diaryl/α,β-unsaturated/α-hetero) is 1. The van der Waals surface area contributed by atoms with E-state index in [1.54, 1.807) is 55.0 Å². The lowest BCUT2D eigenvalue weighted by molar-refractivity contribution is -0.114. The standard InChI is InChI=1S/C21H15BrN4O4S/c1-12(27)23-15-7-6-13(10-14(15)22)16(28)11-31-21-24-19(17-4-2-8-29-17)20(25-26-21)18-5-3-9-30-18/h2-10H,11H2,1H3,(H,23,27). The summed E-state index contributed by atoms with van der Waals surface area (Å²) in [6.07, 6.45) is 3.09. The second-order valence-electron chi connectivity index (χ2n) is 6.33. The molecule has 0 bridgehead atoms. The maximum Gasteiger partial charge on any atom is 0.221 e. The monoisotopic (exact) mass is 498 g/mol. The minimum absolute atomic E-state index is 0.113. The molecule has 8 nitrogen and oxygen atoms in total.